The summed E-state index contributed by atoms with van der Waals surface area (Å²) in [7, 11) is 0. The highest BCUT2D eigenvalue weighted by Gasteiger charge is 2.53. The lowest BCUT2D eigenvalue weighted by Gasteiger charge is -2.30. The Hall–Kier alpha value is -0.730. The van der Waals surface area contributed by atoms with Gasteiger partial charge in [-0.2, -0.15) is 0 Å². The smallest absolute Gasteiger partial charge is 0.404 e. The van der Waals surface area contributed by atoms with E-state index in [9.17, 15) is 4.79 Å². The van der Waals surface area contributed by atoms with Crippen LogP contribution in [0.4, 0.5) is 4.79 Å². The minimum absolute atomic E-state index is 0.291. The highest BCUT2D eigenvalue weighted by Crippen LogP contribution is 2.56. The fraction of sp³-hybridized carbons (Fsp3) is 0.909. The Balaban J connectivity index is 1.76. The molecule has 0 aromatic carbocycles. The van der Waals surface area contributed by atoms with Gasteiger partial charge in [-0.05, 0) is 55.8 Å². The van der Waals surface area contributed by atoms with Crippen LogP contribution in [0.1, 0.15) is 32.1 Å². The highest BCUT2D eigenvalue weighted by molar-refractivity contribution is 5.65. The molecule has 3 nitrogen and oxygen atoms in total. The SMILES string of the molecule is O=C(O)N[C@@H]1[C@H]2CC[C@H](C2)[C@H]1C1CC1. The lowest BCUT2D eigenvalue weighted by molar-refractivity contribution is 0.167. The monoisotopic (exact) mass is 195 g/mol. The van der Waals surface area contributed by atoms with Gasteiger partial charge in [-0.15, -0.1) is 0 Å². The van der Waals surface area contributed by atoms with Gasteiger partial charge >= 0.3 is 6.09 Å². The van der Waals surface area contributed by atoms with Gasteiger partial charge in [-0.1, -0.05) is 0 Å². The fourth-order valence-electron chi connectivity index (χ4n) is 3.85. The third-order valence-electron chi connectivity index (χ3n) is 4.44. The minimum Gasteiger partial charge on any atom is -0.465 e. The molecule has 3 aliphatic carbocycles. The Morgan fingerprint density at radius 1 is 1.07 bits per heavy atom. The summed E-state index contributed by atoms with van der Waals surface area (Å²) in [5.74, 6) is 3.03. The van der Waals surface area contributed by atoms with Gasteiger partial charge in [-0.3, -0.25) is 0 Å². The van der Waals surface area contributed by atoms with Crippen molar-refractivity contribution < 1.29 is 9.90 Å². The number of carboxylic acid groups (broad SMARTS) is 1. The molecule has 3 aliphatic rings. The topological polar surface area (TPSA) is 49.3 Å². The maximum absolute atomic E-state index is 10.7. The Morgan fingerprint density at radius 2 is 1.71 bits per heavy atom. The van der Waals surface area contributed by atoms with E-state index in [0.717, 1.165) is 11.8 Å². The van der Waals surface area contributed by atoms with Gasteiger partial charge in [0.05, 0.1) is 0 Å². The number of carbonyl (C=O) groups is 1. The lowest BCUT2D eigenvalue weighted by Crippen LogP contribution is -2.44. The third-order valence-corrected chi connectivity index (χ3v) is 4.44. The van der Waals surface area contributed by atoms with Crippen LogP contribution in [0.5, 0.6) is 0 Å². The summed E-state index contributed by atoms with van der Waals surface area (Å²) in [6, 6.07) is 0.291. The van der Waals surface area contributed by atoms with E-state index in [-0.39, 0.29) is 0 Å². The fourth-order valence-corrected chi connectivity index (χ4v) is 3.85. The van der Waals surface area contributed by atoms with Gasteiger partial charge in [0, 0.05) is 6.04 Å². The summed E-state index contributed by atoms with van der Waals surface area (Å²) in [5, 5.41) is 11.6. The Bertz CT molecular complexity index is 262. The molecule has 1 amide bonds. The Morgan fingerprint density at radius 3 is 2.36 bits per heavy atom. The first kappa shape index (κ1) is 8.57. The molecule has 3 rings (SSSR count). The van der Waals surface area contributed by atoms with Crippen molar-refractivity contribution in [2.75, 3.05) is 0 Å². The largest absolute Gasteiger partial charge is 0.465 e. The number of hydrogen-bond acceptors (Lipinski definition) is 1. The van der Waals surface area contributed by atoms with E-state index in [2.05, 4.69) is 5.32 Å². The average molecular weight is 195 g/mol. The number of amides is 1. The summed E-state index contributed by atoms with van der Waals surface area (Å²) >= 11 is 0. The van der Waals surface area contributed by atoms with Crippen molar-refractivity contribution >= 4 is 6.09 Å². The maximum atomic E-state index is 10.7. The molecule has 2 bridgehead atoms. The van der Waals surface area contributed by atoms with Crippen LogP contribution in [0.2, 0.25) is 0 Å². The van der Waals surface area contributed by atoms with Gasteiger partial charge < -0.3 is 10.4 Å². The molecule has 2 N–H and O–H groups in total. The zero-order valence-corrected chi connectivity index (χ0v) is 8.28. The number of hydrogen-bond donors (Lipinski definition) is 2. The molecule has 3 fully saturated rings. The van der Waals surface area contributed by atoms with Crippen LogP contribution in [0.25, 0.3) is 0 Å². The van der Waals surface area contributed by atoms with E-state index in [4.69, 9.17) is 5.11 Å². The molecule has 0 saturated heterocycles. The van der Waals surface area contributed by atoms with Crippen LogP contribution in [0.15, 0.2) is 0 Å². The van der Waals surface area contributed by atoms with Gasteiger partial charge in [0.2, 0.25) is 0 Å². The number of fused-ring (bicyclic) bond motifs is 2. The second-order valence-corrected chi connectivity index (χ2v) is 5.22. The normalized spacial score (nSPS) is 45.4. The first-order valence-electron chi connectivity index (χ1n) is 5.75. The van der Waals surface area contributed by atoms with Crippen molar-refractivity contribution in [3.8, 4) is 0 Å². The van der Waals surface area contributed by atoms with Crippen molar-refractivity contribution in [3.05, 3.63) is 0 Å². The average Bonchev–Trinajstić information content (AvgIpc) is 2.75. The van der Waals surface area contributed by atoms with Gasteiger partial charge in [0.25, 0.3) is 0 Å². The molecule has 0 heterocycles. The van der Waals surface area contributed by atoms with Gasteiger partial charge in [0.15, 0.2) is 0 Å². The second kappa shape index (κ2) is 2.88. The van der Waals surface area contributed by atoms with Crippen molar-refractivity contribution in [1.82, 2.24) is 5.32 Å². The molecule has 0 radical (unpaired) electrons. The molecule has 0 aromatic heterocycles. The van der Waals surface area contributed by atoms with E-state index in [1.165, 1.54) is 32.1 Å². The number of nitrogens with one attached hydrogen (secondary N) is 1. The van der Waals surface area contributed by atoms with Crippen molar-refractivity contribution in [2.24, 2.45) is 23.7 Å². The molecular formula is C11H17NO2. The van der Waals surface area contributed by atoms with Crippen molar-refractivity contribution in [2.45, 2.75) is 38.1 Å². The molecule has 0 aliphatic heterocycles. The predicted molar refractivity (Wildman–Crippen MR) is 52.0 cm³/mol. The molecular weight excluding hydrogens is 178 g/mol. The van der Waals surface area contributed by atoms with Crippen molar-refractivity contribution in [3.63, 3.8) is 0 Å². The molecule has 3 heteroatoms. The Kier molecular flexibility index (Phi) is 1.76. The molecule has 0 aromatic rings. The maximum Gasteiger partial charge on any atom is 0.404 e. The van der Waals surface area contributed by atoms with E-state index in [0.29, 0.717) is 17.9 Å². The molecule has 0 unspecified atom stereocenters. The van der Waals surface area contributed by atoms with Crippen molar-refractivity contribution in [1.29, 1.82) is 0 Å². The third kappa shape index (κ3) is 1.22. The Labute approximate surface area is 83.9 Å². The van der Waals surface area contributed by atoms with Crippen LogP contribution in [0, 0.1) is 23.7 Å². The highest BCUT2D eigenvalue weighted by atomic mass is 16.4. The predicted octanol–water partition coefficient (Wildman–Crippen LogP) is 2.08. The van der Waals surface area contributed by atoms with Crippen LogP contribution in [-0.2, 0) is 0 Å². The van der Waals surface area contributed by atoms with E-state index in [1.54, 1.807) is 0 Å². The lowest BCUT2D eigenvalue weighted by atomic mass is 9.81. The summed E-state index contributed by atoms with van der Waals surface area (Å²) in [6.07, 6.45) is 5.74. The van der Waals surface area contributed by atoms with E-state index in [1.807, 2.05) is 0 Å². The molecule has 0 spiro atoms. The zero-order chi connectivity index (χ0) is 9.71. The van der Waals surface area contributed by atoms with Crippen LogP contribution in [0.3, 0.4) is 0 Å². The molecule has 78 valence electrons. The van der Waals surface area contributed by atoms with E-state index >= 15 is 0 Å². The van der Waals surface area contributed by atoms with E-state index < -0.39 is 6.09 Å². The summed E-state index contributed by atoms with van der Waals surface area (Å²) < 4.78 is 0. The summed E-state index contributed by atoms with van der Waals surface area (Å²) in [5.41, 5.74) is 0. The summed E-state index contributed by atoms with van der Waals surface area (Å²) in [4.78, 5) is 10.7. The van der Waals surface area contributed by atoms with Crippen LogP contribution in [-0.4, -0.2) is 17.2 Å². The minimum atomic E-state index is -0.826. The first-order valence-corrected chi connectivity index (χ1v) is 5.75. The van der Waals surface area contributed by atoms with Crippen LogP contribution < -0.4 is 5.32 Å². The van der Waals surface area contributed by atoms with Gasteiger partial charge in [0.1, 0.15) is 0 Å². The molecule has 3 saturated carbocycles. The molecule has 4 atom stereocenters. The van der Waals surface area contributed by atoms with Crippen LogP contribution >= 0.6 is 0 Å². The second-order valence-electron chi connectivity index (χ2n) is 5.22. The standard InChI is InChI=1S/C11H17NO2/c13-11(14)12-10-8-4-3-7(5-8)9(10)6-1-2-6/h6-10,12H,1-5H2,(H,13,14)/t7-,8+,9-,10-/m1/s1. The molecule has 14 heavy (non-hydrogen) atoms. The quantitative estimate of drug-likeness (QED) is 0.708. The first-order chi connectivity index (χ1) is 6.75. The zero-order valence-electron chi connectivity index (χ0n) is 8.28. The number of rotatable bonds is 2. The van der Waals surface area contributed by atoms with Gasteiger partial charge in [-0.25, -0.2) is 4.79 Å². The summed E-state index contributed by atoms with van der Waals surface area (Å²) in [6.45, 7) is 0.